The molecule has 6 heteroatoms. The number of benzene rings is 2. The van der Waals surface area contributed by atoms with Gasteiger partial charge in [-0.05, 0) is 86.6 Å². The summed E-state index contributed by atoms with van der Waals surface area (Å²) in [6, 6.07) is 20.4. The molecular formula is C34H35BrN2O2S. The number of fused-ring (bicyclic) bond motifs is 1. The molecule has 1 fully saturated rings. The van der Waals surface area contributed by atoms with Gasteiger partial charge in [-0.2, -0.15) is 0 Å². The molecule has 1 aliphatic carbocycles. The number of thioether (sulfide) groups is 1. The van der Waals surface area contributed by atoms with E-state index in [9.17, 15) is 4.79 Å². The van der Waals surface area contributed by atoms with E-state index in [1.807, 2.05) is 62.4 Å². The summed E-state index contributed by atoms with van der Waals surface area (Å²) in [7, 11) is 0. The normalized spacial score (nSPS) is 23.1. The summed E-state index contributed by atoms with van der Waals surface area (Å²) in [5.74, 6) is 0.495. The Bertz CT molecular complexity index is 1480. The first-order valence-electron chi connectivity index (χ1n) is 13.8. The Morgan fingerprint density at radius 2 is 2.00 bits per heavy atom. The molecule has 3 unspecified atom stereocenters. The van der Waals surface area contributed by atoms with Crippen LogP contribution >= 0.6 is 27.7 Å². The molecule has 1 amide bonds. The molecule has 3 aromatic rings. The number of aromatic nitrogens is 1. The van der Waals surface area contributed by atoms with Crippen LogP contribution in [-0.2, 0) is 16.8 Å². The molecule has 3 atom stereocenters. The Labute approximate surface area is 250 Å². The lowest BCUT2D eigenvalue weighted by Crippen LogP contribution is -2.55. The predicted octanol–water partition coefficient (Wildman–Crippen LogP) is 8.56. The molecule has 2 heterocycles. The van der Waals surface area contributed by atoms with E-state index >= 15 is 0 Å². The van der Waals surface area contributed by atoms with Crippen molar-refractivity contribution in [3.8, 4) is 5.88 Å². The third-order valence-electron chi connectivity index (χ3n) is 7.72. The lowest BCUT2D eigenvalue weighted by Gasteiger charge is -2.42. The molecule has 2 aromatic carbocycles. The van der Waals surface area contributed by atoms with Gasteiger partial charge in [0.1, 0.15) is 16.9 Å². The van der Waals surface area contributed by atoms with Crippen LogP contribution in [0.15, 0.2) is 106 Å². The van der Waals surface area contributed by atoms with Crippen LogP contribution in [0.5, 0.6) is 5.88 Å². The molecule has 40 heavy (non-hydrogen) atoms. The lowest BCUT2D eigenvalue weighted by atomic mass is 9.76. The van der Waals surface area contributed by atoms with Crippen LogP contribution in [0, 0.1) is 6.92 Å². The summed E-state index contributed by atoms with van der Waals surface area (Å²) in [6.45, 7) is 10.5. The minimum Gasteiger partial charge on any atom is -0.469 e. The van der Waals surface area contributed by atoms with Gasteiger partial charge in [0, 0.05) is 21.9 Å². The molecule has 0 saturated carbocycles. The van der Waals surface area contributed by atoms with Gasteiger partial charge in [-0.3, -0.25) is 4.79 Å². The average molecular weight is 616 g/mol. The van der Waals surface area contributed by atoms with E-state index < -0.39 is 5.54 Å². The Balaban J connectivity index is 1.48. The van der Waals surface area contributed by atoms with Gasteiger partial charge in [0.15, 0.2) is 0 Å². The number of pyridine rings is 1. The highest BCUT2D eigenvalue weighted by molar-refractivity contribution is 9.10. The summed E-state index contributed by atoms with van der Waals surface area (Å²) in [5, 5.41) is 3.01. The topological polar surface area (TPSA) is 51.2 Å². The smallest absolute Gasteiger partial charge is 0.238 e. The summed E-state index contributed by atoms with van der Waals surface area (Å²) in [5.41, 5.74) is 5.43. The van der Waals surface area contributed by atoms with Crippen molar-refractivity contribution in [3.05, 3.63) is 123 Å². The molecule has 2 aliphatic rings. The van der Waals surface area contributed by atoms with E-state index in [1.54, 1.807) is 11.8 Å². The van der Waals surface area contributed by atoms with Crippen molar-refractivity contribution >= 4 is 33.6 Å². The molecular weight excluding hydrogens is 580 g/mol. The maximum absolute atomic E-state index is 13.8. The fourth-order valence-corrected chi connectivity index (χ4v) is 7.21. The molecule has 1 aromatic heterocycles. The average Bonchev–Trinajstić information content (AvgIpc) is 2.95. The Morgan fingerprint density at radius 1 is 1.18 bits per heavy atom. The number of halogens is 1. The second-order valence-electron chi connectivity index (χ2n) is 10.4. The molecule has 1 N–H and O–H groups in total. The standard InChI is InChI=1S/C34H35BrN2O2S/c1-5-11-25(6-2)34(21-23(4)32(33(38)37-34)40-29-15-8-7-12-22(29)3)30-16-10-17-31(36-30)39-28-14-9-13-24-18-19-26(35)20-27(24)28/h5-8,10-12,15-20,28,32H,4,9,13-14,21H2,1-3H3,(H,37,38)/b11-5-,25-6+. The lowest BCUT2D eigenvalue weighted by molar-refractivity contribution is -0.122. The van der Waals surface area contributed by atoms with Crippen molar-refractivity contribution in [1.29, 1.82) is 0 Å². The number of nitrogens with one attached hydrogen (secondary N) is 1. The van der Waals surface area contributed by atoms with Crippen LogP contribution in [0.25, 0.3) is 0 Å². The second kappa shape index (κ2) is 12.2. The van der Waals surface area contributed by atoms with E-state index in [0.717, 1.165) is 51.0 Å². The quantitative estimate of drug-likeness (QED) is 0.214. The van der Waals surface area contributed by atoms with Crippen LogP contribution in [0.3, 0.4) is 0 Å². The molecule has 4 nitrogen and oxygen atoms in total. The van der Waals surface area contributed by atoms with Crippen molar-refractivity contribution in [2.45, 2.75) is 68.2 Å². The van der Waals surface area contributed by atoms with Gasteiger partial charge in [-0.25, -0.2) is 4.98 Å². The van der Waals surface area contributed by atoms with Crippen molar-refractivity contribution in [2.75, 3.05) is 0 Å². The summed E-state index contributed by atoms with van der Waals surface area (Å²) >= 11 is 5.18. The fourth-order valence-electron chi connectivity index (χ4n) is 5.75. The van der Waals surface area contributed by atoms with Crippen LogP contribution in [-0.4, -0.2) is 16.1 Å². The number of allylic oxidation sites excluding steroid dienone is 2. The van der Waals surface area contributed by atoms with Crippen LogP contribution in [0.2, 0.25) is 0 Å². The molecule has 1 aliphatic heterocycles. The number of carbonyl (C=O) groups is 1. The highest BCUT2D eigenvalue weighted by Crippen LogP contribution is 2.44. The molecule has 0 bridgehead atoms. The third-order valence-corrected chi connectivity index (χ3v) is 9.71. The highest BCUT2D eigenvalue weighted by atomic mass is 79.9. The first-order valence-corrected chi connectivity index (χ1v) is 15.5. The van der Waals surface area contributed by atoms with Gasteiger partial charge < -0.3 is 10.1 Å². The Morgan fingerprint density at radius 3 is 2.75 bits per heavy atom. The Hall–Kier alpha value is -3.09. The Kier molecular flexibility index (Phi) is 8.67. The third kappa shape index (κ3) is 5.70. The number of amides is 1. The maximum atomic E-state index is 13.8. The maximum Gasteiger partial charge on any atom is 0.238 e. The van der Waals surface area contributed by atoms with Crippen molar-refractivity contribution in [2.24, 2.45) is 0 Å². The number of piperidine rings is 1. The second-order valence-corrected chi connectivity index (χ2v) is 12.5. The number of carbonyl (C=O) groups excluding carboxylic acids is 1. The van der Waals surface area contributed by atoms with Crippen molar-refractivity contribution in [3.63, 3.8) is 0 Å². The zero-order chi connectivity index (χ0) is 28.3. The van der Waals surface area contributed by atoms with E-state index in [4.69, 9.17) is 9.72 Å². The molecule has 206 valence electrons. The van der Waals surface area contributed by atoms with E-state index in [1.165, 1.54) is 11.1 Å². The largest absolute Gasteiger partial charge is 0.469 e. The zero-order valence-electron chi connectivity index (χ0n) is 23.2. The molecule has 0 spiro atoms. The number of nitrogens with zero attached hydrogens (tertiary/aromatic N) is 1. The summed E-state index contributed by atoms with van der Waals surface area (Å²) in [6.07, 6.45) is 9.64. The van der Waals surface area contributed by atoms with Gasteiger partial charge >= 0.3 is 0 Å². The van der Waals surface area contributed by atoms with E-state index in [-0.39, 0.29) is 17.3 Å². The van der Waals surface area contributed by atoms with E-state index in [0.29, 0.717) is 12.3 Å². The van der Waals surface area contributed by atoms with Crippen molar-refractivity contribution < 1.29 is 9.53 Å². The van der Waals surface area contributed by atoms with Gasteiger partial charge in [-0.15, -0.1) is 11.8 Å². The van der Waals surface area contributed by atoms with Gasteiger partial charge in [0.2, 0.25) is 11.8 Å². The molecule has 0 radical (unpaired) electrons. The number of hydrogen-bond donors (Lipinski definition) is 1. The summed E-state index contributed by atoms with van der Waals surface area (Å²) in [4.78, 5) is 19.9. The first kappa shape index (κ1) is 28.4. The van der Waals surface area contributed by atoms with Gasteiger partial charge in [0.25, 0.3) is 0 Å². The molecule has 5 rings (SSSR count). The fraction of sp³-hybridized carbons (Fsp3) is 0.294. The number of rotatable bonds is 7. The van der Waals surface area contributed by atoms with Crippen molar-refractivity contribution in [1.82, 2.24) is 10.3 Å². The van der Waals surface area contributed by atoms with Crippen LogP contribution in [0.4, 0.5) is 0 Å². The first-order chi connectivity index (χ1) is 19.3. The number of aryl methyl sites for hydroxylation is 2. The summed E-state index contributed by atoms with van der Waals surface area (Å²) < 4.78 is 7.59. The monoisotopic (exact) mass is 614 g/mol. The van der Waals surface area contributed by atoms with Gasteiger partial charge in [0.05, 0.1) is 5.69 Å². The molecule has 1 saturated heterocycles. The van der Waals surface area contributed by atoms with Gasteiger partial charge in [-0.1, -0.05) is 76.6 Å². The van der Waals surface area contributed by atoms with E-state index in [2.05, 4.69) is 65.1 Å². The number of ether oxygens (including phenoxy) is 1. The zero-order valence-corrected chi connectivity index (χ0v) is 25.6. The van der Waals surface area contributed by atoms with Crippen LogP contribution in [0.1, 0.15) is 61.6 Å². The minimum atomic E-state index is -0.842. The number of hydrogen-bond acceptors (Lipinski definition) is 4. The SMILES string of the molecule is C=C1CC(C(/C=C\C)=C/C)(c2cccc(OC3CCCc4ccc(Br)cc43)n2)NC(=O)C1Sc1ccccc1C. The predicted molar refractivity (Wildman–Crippen MR) is 168 cm³/mol. The van der Waals surface area contributed by atoms with Crippen LogP contribution < -0.4 is 10.1 Å². The highest BCUT2D eigenvalue weighted by Gasteiger charge is 2.46. The minimum absolute atomic E-state index is 0.0625.